The summed E-state index contributed by atoms with van der Waals surface area (Å²) < 4.78 is 13.2. The van der Waals surface area contributed by atoms with E-state index >= 15 is 0 Å². The first-order valence-corrected chi connectivity index (χ1v) is 4.33. The number of carbonyl (C=O) groups excluding carboxylic acids is 1. The van der Waals surface area contributed by atoms with Crippen LogP contribution >= 0.6 is 0 Å². The van der Waals surface area contributed by atoms with Crippen LogP contribution < -0.4 is 10.7 Å². The molecule has 1 aromatic heterocycles. The fourth-order valence-corrected chi connectivity index (χ4v) is 1.29. The first-order chi connectivity index (χ1) is 7.09. The molecule has 6 heteroatoms. The van der Waals surface area contributed by atoms with Gasteiger partial charge in [0.1, 0.15) is 0 Å². The van der Waals surface area contributed by atoms with Crippen molar-refractivity contribution in [1.29, 1.82) is 0 Å². The van der Waals surface area contributed by atoms with Gasteiger partial charge in [-0.3, -0.25) is 9.78 Å². The van der Waals surface area contributed by atoms with Gasteiger partial charge in [-0.25, -0.2) is 4.39 Å². The second-order valence-electron chi connectivity index (χ2n) is 3.23. The second kappa shape index (κ2) is 3.30. The summed E-state index contributed by atoms with van der Waals surface area (Å²) in [5.74, 6) is -0.708. The van der Waals surface area contributed by atoms with Gasteiger partial charge in [-0.05, 0) is 13.0 Å². The lowest BCUT2D eigenvalue weighted by molar-refractivity contribution is -0.120. The molecule has 0 radical (unpaired) electrons. The Morgan fingerprint density at radius 3 is 2.80 bits per heavy atom. The normalized spacial score (nSPS) is 20.7. The van der Waals surface area contributed by atoms with E-state index in [-0.39, 0.29) is 5.71 Å². The number of anilines is 2. The van der Waals surface area contributed by atoms with Crippen LogP contribution in [0, 0.1) is 0 Å². The van der Waals surface area contributed by atoms with Crippen LogP contribution in [0.25, 0.3) is 0 Å². The first kappa shape index (κ1) is 9.57. The zero-order valence-corrected chi connectivity index (χ0v) is 8.01. The number of hydrazone groups is 1. The number of aromatic nitrogens is 1. The lowest BCUT2D eigenvalue weighted by Crippen LogP contribution is -2.28. The first-order valence-electron chi connectivity index (χ1n) is 4.33. The molecule has 0 unspecified atom stereocenters. The SMILES string of the molecule is CC1=NN(c2cncc(N)c2)C(=O)[C@H]1F. The molecule has 78 valence electrons. The van der Waals surface area contributed by atoms with E-state index in [9.17, 15) is 9.18 Å². The number of nitrogens with two attached hydrogens (primary N) is 1. The number of pyridine rings is 1. The number of hydrogen-bond donors (Lipinski definition) is 1. The summed E-state index contributed by atoms with van der Waals surface area (Å²) in [4.78, 5) is 15.2. The summed E-state index contributed by atoms with van der Waals surface area (Å²) in [6.07, 6.45) is 1.18. The van der Waals surface area contributed by atoms with Gasteiger partial charge in [-0.2, -0.15) is 10.1 Å². The van der Waals surface area contributed by atoms with Gasteiger partial charge < -0.3 is 5.73 Å². The van der Waals surface area contributed by atoms with E-state index in [0.717, 1.165) is 5.01 Å². The standard InChI is InChI=1S/C9H9FN4O/c1-5-8(10)9(15)14(13-5)7-2-6(11)3-12-4-7/h2-4,8H,11H2,1H3/t8-/m0/s1. The van der Waals surface area contributed by atoms with E-state index in [1.165, 1.54) is 25.4 Å². The minimum absolute atomic E-state index is 0.141. The van der Waals surface area contributed by atoms with Crippen LogP contribution in [-0.2, 0) is 4.79 Å². The smallest absolute Gasteiger partial charge is 0.287 e. The van der Waals surface area contributed by atoms with Gasteiger partial charge in [0.05, 0.1) is 23.3 Å². The molecule has 1 aliphatic rings. The Balaban J connectivity index is 2.37. The zero-order valence-electron chi connectivity index (χ0n) is 8.01. The van der Waals surface area contributed by atoms with E-state index in [2.05, 4.69) is 10.1 Å². The maximum absolute atomic E-state index is 13.2. The number of nitrogen functional groups attached to an aromatic ring is 1. The van der Waals surface area contributed by atoms with Crippen molar-refractivity contribution in [3.05, 3.63) is 18.5 Å². The summed E-state index contributed by atoms with van der Waals surface area (Å²) in [6, 6.07) is 1.51. The molecule has 2 N–H and O–H groups in total. The summed E-state index contributed by atoms with van der Waals surface area (Å²) in [6.45, 7) is 1.46. The molecule has 0 bridgehead atoms. The van der Waals surface area contributed by atoms with Gasteiger partial charge in [0.15, 0.2) is 0 Å². The van der Waals surface area contributed by atoms with Crippen molar-refractivity contribution in [1.82, 2.24) is 4.98 Å². The van der Waals surface area contributed by atoms with E-state index < -0.39 is 12.1 Å². The molecule has 0 saturated heterocycles. The summed E-state index contributed by atoms with van der Waals surface area (Å²) in [7, 11) is 0. The summed E-state index contributed by atoms with van der Waals surface area (Å²) >= 11 is 0. The monoisotopic (exact) mass is 208 g/mol. The second-order valence-corrected chi connectivity index (χ2v) is 3.23. The molecule has 2 heterocycles. The fourth-order valence-electron chi connectivity index (χ4n) is 1.29. The van der Waals surface area contributed by atoms with E-state index in [1.807, 2.05) is 0 Å². The number of amides is 1. The van der Waals surface area contributed by atoms with Gasteiger partial charge in [-0.1, -0.05) is 0 Å². The molecule has 0 saturated carbocycles. The number of alkyl halides is 1. The molecule has 0 aliphatic carbocycles. The van der Waals surface area contributed by atoms with Crippen molar-refractivity contribution in [2.75, 3.05) is 10.7 Å². The Kier molecular flexibility index (Phi) is 2.11. The molecular weight excluding hydrogens is 199 g/mol. The molecule has 1 atom stereocenters. The number of nitrogens with zero attached hydrogens (tertiary/aromatic N) is 3. The predicted octanol–water partition coefficient (Wildman–Crippen LogP) is 0.724. The summed E-state index contributed by atoms with van der Waals surface area (Å²) in [5, 5.41) is 4.77. The van der Waals surface area contributed by atoms with Crippen molar-refractivity contribution >= 4 is 23.0 Å². The minimum atomic E-state index is -1.66. The Hall–Kier alpha value is -1.98. The van der Waals surface area contributed by atoms with E-state index in [4.69, 9.17) is 5.73 Å². The van der Waals surface area contributed by atoms with Crippen LogP contribution in [-0.4, -0.2) is 22.8 Å². The molecule has 0 fully saturated rings. The average Bonchev–Trinajstić information content (AvgIpc) is 2.46. The van der Waals surface area contributed by atoms with Crippen molar-refractivity contribution in [3.8, 4) is 0 Å². The zero-order chi connectivity index (χ0) is 11.0. The topological polar surface area (TPSA) is 71.6 Å². The van der Waals surface area contributed by atoms with Gasteiger partial charge in [0.2, 0.25) is 6.17 Å². The van der Waals surface area contributed by atoms with Gasteiger partial charge in [0.25, 0.3) is 5.91 Å². The van der Waals surface area contributed by atoms with Crippen molar-refractivity contribution in [3.63, 3.8) is 0 Å². The van der Waals surface area contributed by atoms with Gasteiger partial charge >= 0.3 is 0 Å². The minimum Gasteiger partial charge on any atom is -0.397 e. The van der Waals surface area contributed by atoms with Crippen molar-refractivity contribution < 1.29 is 9.18 Å². The van der Waals surface area contributed by atoms with Crippen LogP contribution in [0.1, 0.15) is 6.92 Å². The van der Waals surface area contributed by atoms with Crippen LogP contribution in [0.15, 0.2) is 23.6 Å². The molecule has 1 amide bonds. The molecule has 15 heavy (non-hydrogen) atoms. The Morgan fingerprint density at radius 1 is 1.53 bits per heavy atom. The van der Waals surface area contributed by atoms with Gasteiger partial charge in [0, 0.05) is 6.20 Å². The number of halogens is 1. The highest BCUT2D eigenvalue weighted by Gasteiger charge is 2.34. The third kappa shape index (κ3) is 1.54. The van der Waals surface area contributed by atoms with Crippen LogP contribution in [0.2, 0.25) is 0 Å². The molecule has 5 nitrogen and oxygen atoms in total. The maximum Gasteiger partial charge on any atom is 0.287 e. The van der Waals surface area contributed by atoms with E-state index in [0.29, 0.717) is 11.4 Å². The fraction of sp³-hybridized carbons (Fsp3) is 0.222. The number of rotatable bonds is 1. The van der Waals surface area contributed by atoms with Crippen LogP contribution in [0.3, 0.4) is 0 Å². The molecular formula is C9H9FN4O. The Morgan fingerprint density at radius 2 is 2.27 bits per heavy atom. The quantitative estimate of drug-likeness (QED) is 0.739. The highest BCUT2D eigenvalue weighted by atomic mass is 19.1. The molecule has 2 rings (SSSR count). The van der Waals surface area contributed by atoms with Crippen molar-refractivity contribution in [2.45, 2.75) is 13.1 Å². The highest BCUT2D eigenvalue weighted by molar-refractivity contribution is 6.17. The summed E-state index contributed by atoms with van der Waals surface area (Å²) in [5.41, 5.74) is 6.41. The predicted molar refractivity (Wildman–Crippen MR) is 54.1 cm³/mol. The van der Waals surface area contributed by atoms with Crippen molar-refractivity contribution in [2.24, 2.45) is 5.10 Å². The Bertz CT molecular complexity index is 445. The largest absolute Gasteiger partial charge is 0.397 e. The third-order valence-electron chi connectivity index (χ3n) is 2.04. The maximum atomic E-state index is 13.2. The molecule has 0 spiro atoms. The lowest BCUT2D eigenvalue weighted by atomic mass is 10.2. The molecule has 1 aromatic rings. The van der Waals surface area contributed by atoms with E-state index in [1.54, 1.807) is 0 Å². The molecule has 1 aliphatic heterocycles. The lowest BCUT2D eigenvalue weighted by Gasteiger charge is -2.11. The van der Waals surface area contributed by atoms with Crippen LogP contribution in [0.5, 0.6) is 0 Å². The number of carbonyl (C=O) groups is 1. The van der Waals surface area contributed by atoms with Crippen LogP contribution in [0.4, 0.5) is 15.8 Å². The number of hydrogen-bond acceptors (Lipinski definition) is 4. The average molecular weight is 208 g/mol. The highest BCUT2D eigenvalue weighted by Crippen LogP contribution is 2.22. The Labute approximate surface area is 85.4 Å². The van der Waals surface area contributed by atoms with Gasteiger partial charge in [-0.15, -0.1) is 0 Å². The third-order valence-corrected chi connectivity index (χ3v) is 2.04. The molecule has 0 aromatic carbocycles.